The molecule has 0 heterocycles. The van der Waals surface area contributed by atoms with Crippen molar-refractivity contribution in [3.63, 3.8) is 0 Å². The molecule has 0 saturated heterocycles. The van der Waals surface area contributed by atoms with E-state index in [1.807, 2.05) is 0 Å². The van der Waals surface area contributed by atoms with Crippen LogP contribution in [-0.4, -0.2) is 28.4 Å². The largest absolute Gasteiger partial charge is 0.460 e. The number of nitrogens with two attached hydrogens (primary N) is 1. The number of benzene rings is 1. The number of rotatable bonds is 10. The lowest BCUT2D eigenvalue weighted by Crippen LogP contribution is -2.32. The predicted octanol–water partition coefficient (Wildman–Crippen LogP) is 2.35. The monoisotopic (exact) mass is 352 g/mol. The first-order valence-corrected chi connectivity index (χ1v) is 7.21. The van der Waals surface area contributed by atoms with Crippen LogP contribution in [0.15, 0.2) is 23.3 Å². The molecule has 0 saturated carbocycles. The molecule has 1 rings (SSSR count). The van der Waals surface area contributed by atoms with Gasteiger partial charge in [-0.2, -0.15) is 0 Å². The number of ether oxygens (including phenoxy) is 1. The molecule has 0 radical (unpaired) electrons. The second-order valence-corrected chi connectivity index (χ2v) is 5.04. The number of non-ortho nitro benzene ring substituents is 2. The molecule has 0 spiro atoms. The number of hydrogen-bond acceptors (Lipinski definition) is 8. The van der Waals surface area contributed by atoms with Crippen LogP contribution in [0.4, 0.5) is 11.4 Å². The second-order valence-electron chi connectivity index (χ2n) is 5.04. The third-order valence-corrected chi connectivity index (χ3v) is 3.15. The van der Waals surface area contributed by atoms with Crippen molar-refractivity contribution in [3.8, 4) is 0 Å². The molecule has 12 nitrogen and oxygen atoms in total. The fourth-order valence-corrected chi connectivity index (χ4v) is 1.92. The molecule has 1 atom stereocenters. The van der Waals surface area contributed by atoms with Gasteiger partial charge >= 0.3 is 5.97 Å². The molecule has 1 aromatic rings. The van der Waals surface area contributed by atoms with Crippen molar-refractivity contribution in [2.75, 3.05) is 6.54 Å². The molecule has 0 aliphatic carbocycles. The average molecular weight is 352 g/mol. The highest BCUT2D eigenvalue weighted by molar-refractivity contribution is 5.75. The Morgan fingerprint density at radius 2 is 1.84 bits per heavy atom. The topological polar surface area (TPSA) is 187 Å². The summed E-state index contributed by atoms with van der Waals surface area (Å²) in [7, 11) is 0. The highest BCUT2D eigenvalue weighted by atomic mass is 16.6. The van der Waals surface area contributed by atoms with E-state index in [0.717, 1.165) is 18.2 Å². The Morgan fingerprint density at radius 3 is 2.36 bits per heavy atom. The van der Waals surface area contributed by atoms with Crippen LogP contribution in [0.25, 0.3) is 10.4 Å². The summed E-state index contributed by atoms with van der Waals surface area (Å²) in [5.74, 6) is -0.724. The Balaban J connectivity index is 2.61. The molecule has 0 unspecified atom stereocenters. The summed E-state index contributed by atoms with van der Waals surface area (Å²) >= 11 is 0. The van der Waals surface area contributed by atoms with Gasteiger partial charge in [0, 0.05) is 29.2 Å². The van der Waals surface area contributed by atoms with Gasteiger partial charge in [-0.3, -0.25) is 25.0 Å². The lowest BCUT2D eigenvalue weighted by molar-refractivity contribution is -0.394. The lowest BCUT2D eigenvalue weighted by Gasteiger charge is -2.11. The van der Waals surface area contributed by atoms with Gasteiger partial charge in [-0.25, -0.2) is 0 Å². The van der Waals surface area contributed by atoms with E-state index in [1.54, 1.807) is 0 Å². The van der Waals surface area contributed by atoms with Crippen molar-refractivity contribution in [1.82, 2.24) is 0 Å². The summed E-state index contributed by atoms with van der Waals surface area (Å²) in [5.41, 5.74) is 13.0. The molecular formula is C13H16N6O6. The molecule has 12 heteroatoms. The van der Waals surface area contributed by atoms with Crippen molar-refractivity contribution in [1.29, 1.82) is 0 Å². The minimum atomic E-state index is -0.903. The van der Waals surface area contributed by atoms with Gasteiger partial charge in [0.25, 0.3) is 11.4 Å². The molecule has 134 valence electrons. The van der Waals surface area contributed by atoms with E-state index in [4.69, 9.17) is 16.0 Å². The Kier molecular flexibility index (Phi) is 7.76. The first-order chi connectivity index (χ1) is 11.8. The summed E-state index contributed by atoms with van der Waals surface area (Å²) in [6, 6.07) is 2.10. The van der Waals surface area contributed by atoms with Crippen LogP contribution in [0.2, 0.25) is 0 Å². The van der Waals surface area contributed by atoms with Crippen LogP contribution in [-0.2, 0) is 16.1 Å². The quantitative estimate of drug-likeness (QED) is 0.127. The molecular weight excluding hydrogens is 336 g/mol. The van der Waals surface area contributed by atoms with Crippen molar-refractivity contribution in [3.05, 3.63) is 54.4 Å². The number of carbonyl (C=O) groups is 1. The average Bonchev–Trinajstić information content (AvgIpc) is 2.58. The molecule has 0 bridgehead atoms. The fraction of sp³-hybridized carbons (Fsp3) is 0.462. The number of hydrogen-bond donors (Lipinski definition) is 1. The fourth-order valence-electron chi connectivity index (χ4n) is 1.92. The standard InChI is InChI=1S/C13H16N6O6/c14-12(3-1-2-4-16-17-15)13(20)25-8-9-5-10(18(21)22)7-11(6-9)19(23)24/h5-7,12H,1-4,8,14H2/t12-/m0/s1. The van der Waals surface area contributed by atoms with Crippen LogP contribution >= 0.6 is 0 Å². The Morgan fingerprint density at radius 1 is 1.24 bits per heavy atom. The molecule has 0 aliphatic rings. The van der Waals surface area contributed by atoms with E-state index in [2.05, 4.69) is 10.0 Å². The van der Waals surface area contributed by atoms with Crippen LogP contribution < -0.4 is 5.73 Å². The van der Waals surface area contributed by atoms with Crippen LogP contribution in [0, 0.1) is 20.2 Å². The minimum Gasteiger partial charge on any atom is -0.460 e. The zero-order valence-corrected chi connectivity index (χ0v) is 13.1. The van der Waals surface area contributed by atoms with Crippen molar-refractivity contribution in [2.24, 2.45) is 10.8 Å². The third-order valence-electron chi connectivity index (χ3n) is 3.15. The number of carbonyl (C=O) groups excluding carboxylic acids is 1. The molecule has 2 N–H and O–H groups in total. The van der Waals surface area contributed by atoms with E-state index >= 15 is 0 Å². The predicted molar refractivity (Wildman–Crippen MR) is 85.4 cm³/mol. The number of azide groups is 1. The van der Waals surface area contributed by atoms with Crippen molar-refractivity contribution in [2.45, 2.75) is 31.9 Å². The van der Waals surface area contributed by atoms with Crippen LogP contribution in [0.3, 0.4) is 0 Å². The van der Waals surface area contributed by atoms with Crippen molar-refractivity contribution >= 4 is 17.3 Å². The van der Waals surface area contributed by atoms with Gasteiger partial charge in [0.05, 0.1) is 15.9 Å². The van der Waals surface area contributed by atoms with Gasteiger partial charge in [0.15, 0.2) is 0 Å². The molecule has 0 amide bonds. The summed E-state index contributed by atoms with van der Waals surface area (Å²) in [4.78, 5) is 34.4. The van der Waals surface area contributed by atoms with E-state index in [-0.39, 0.29) is 12.2 Å². The van der Waals surface area contributed by atoms with Crippen LogP contribution in [0.1, 0.15) is 24.8 Å². The Labute approximate surface area is 141 Å². The maximum atomic E-state index is 11.8. The van der Waals surface area contributed by atoms with Gasteiger partial charge in [-0.05, 0) is 18.4 Å². The zero-order chi connectivity index (χ0) is 18.8. The second kappa shape index (κ2) is 9.80. The molecule has 0 aromatic heterocycles. The number of nitrogens with zero attached hydrogens (tertiary/aromatic N) is 5. The molecule has 0 aliphatic heterocycles. The summed E-state index contributed by atoms with van der Waals surface area (Å²) < 4.78 is 4.95. The first-order valence-electron chi connectivity index (χ1n) is 7.21. The van der Waals surface area contributed by atoms with Gasteiger partial charge in [0.2, 0.25) is 0 Å². The van der Waals surface area contributed by atoms with Crippen LogP contribution in [0.5, 0.6) is 0 Å². The summed E-state index contributed by atoms with van der Waals surface area (Å²) in [6.45, 7) is -0.0661. The van der Waals surface area contributed by atoms with Crippen molar-refractivity contribution < 1.29 is 19.4 Å². The first kappa shape index (κ1) is 19.8. The SMILES string of the molecule is [N-]=[N+]=NCCCC[C@H](N)C(=O)OCc1cc([N+](=O)[O-])cc([N+](=O)[O-])c1. The van der Waals surface area contributed by atoms with Gasteiger partial charge in [-0.15, -0.1) is 0 Å². The van der Waals surface area contributed by atoms with E-state index in [0.29, 0.717) is 25.8 Å². The maximum Gasteiger partial charge on any atom is 0.323 e. The lowest BCUT2D eigenvalue weighted by atomic mass is 10.1. The van der Waals surface area contributed by atoms with E-state index in [1.165, 1.54) is 0 Å². The normalized spacial score (nSPS) is 11.2. The summed E-state index contributed by atoms with van der Waals surface area (Å²) in [5, 5.41) is 24.9. The smallest absolute Gasteiger partial charge is 0.323 e. The summed E-state index contributed by atoms with van der Waals surface area (Å²) in [6.07, 6.45) is 1.44. The Bertz CT molecular complexity index is 670. The van der Waals surface area contributed by atoms with Gasteiger partial charge in [0.1, 0.15) is 12.6 Å². The molecule has 1 aromatic carbocycles. The van der Waals surface area contributed by atoms with Gasteiger partial charge in [-0.1, -0.05) is 11.5 Å². The maximum absolute atomic E-state index is 11.8. The highest BCUT2D eigenvalue weighted by Gasteiger charge is 2.19. The number of nitro groups is 2. The number of nitro benzene ring substituents is 2. The Hall–Kier alpha value is -3.24. The third kappa shape index (κ3) is 6.81. The van der Waals surface area contributed by atoms with E-state index in [9.17, 15) is 25.0 Å². The number of esters is 1. The van der Waals surface area contributed by atoms with E-state index < -0.39 is 33.2 Å². The minimum absolute atomic E-state index is 0.116. The highest BCUT2D eigenvalue weighted by Crippen LogP contribution is 2.23. The molecule has 0 fully saturated rings. The number of unbranched alkanes of at least 4 members (excludes halogenated alkanes) is 1. The van der Waals surface area contributed by atoms with Gasteiger partial charge < -0.3 is 10.5 Å². The molecule has 25 heavy (non-hydrogen) atoms. The zero-order valence-electron chi connectivity index (χ0n) is 13.1.